The second-order valence-electron chi connectivity index (χ2n) is 6.83. The fraction of sp³-hybridized carbons (Fsp3) is 0.412. The van der Waals surface area contributed by atoms with Crippen molar-refractivity contribution in [1.29, 1.82) is 0 Å². The number of phosphoric acid groups is 1. The average molecular weight is 513 g/mol. The number of hydrogen-bond acceptors (Lipinski definition) is 10. The minimum atomic E-state index is -4.80. The maximum atomic E-state index is 15.8. The predicted molar refractivity (Wildman–Crippen MR) is 108 cm³/mol. The lowest BCUT2D eigenvalue weighted by Crippen LogP contribution is -2.43. The Balaban J connectivity index is 1.63. The number of aromatic amines is 1. The number of ether oxygens (including phenoxy) is 1. The molecular formula is C17H17ClFN2O9PS. The van der Waals surface area contributed by atoms with Gasteiger partial charge in [-0.15, -0.1) is 0 Å². The van der Waals surface area contributed by atoms with Crippen LogP contribution in [-0.4, -0.2) is 49.5 Å². The molecule has 0 radical (unpaired) electrons. The van der Waals surface area contributed by atoms with Gasteiger partial charge in [-0.25, -0.2) is 13.8 Å². The zero-order valence-electron chi connectivity index (χ0n) is 17.8. The first kappa shape index (κ1) is 20.9. The molecule has 2 aliphatic rings. The number of nitrogens with one attached hydrogen (secondary N) is 1. The Bertz CT molecular complexity index is 1300. The summed E-state index contributed by atoms with van der Waals surface area (Å²) in [4.78, 5) is 14.4. The highest BCUT2D eigenvalue weighted by atomic mass is 35.5. The van der Waals surface area contributed by atoms with Gasteiger partial charge in [0.1, 0.15) is 29.2 Å². The monoisotopic (exact) mass is 512 g/mol. The quantitative estimate of drug-likeness (QED) is 0.344. The summed E-state index contributed by atoms with van der Waals surface area (Å²) in [5.41, 5.74) is -0.639. The molecule has 3 heterocycles. The van der Waals surface area contributed by atoms with Gasteiger partial charge < -0.3 is 24.6 Å². The number of phosphoric ester groups is 1. The molecule has 0 spiro atoms. The zero-order valence-corrected chi connectivity index (χ0v) is 18.3. The molecule has 11 nitrogen and oxygen atoms in total. The first-order valence-corrected chi connectivity index (χ1v) is 11.2. The van der Waals surface area contributed by atoms with Crippen LogP contribution in [0.25, 0.3) is 0 Å². The van der Waals surface area contributed by atoms with Gasteiger partial charge in [0.25, 0.3) is 5.85 Å². The van der Waals surface area contributed by atoms with Crippen molar-refractivity contribution in [3.8, 4) is 5.75 Å². The van der Waals surface area contributed by atoms with Crippen LogP contribution in [0.15, 0.2) is 29.2 Å². The number of H-pyrrole nitrogens is 1. The Hall–Kier alpha value is -1.67. The van der Waals surface area contributed by atoms with Crippen LogP contribution in [0.1, 0.15) is 20.1 Å². The van der Waals surface area contributed by atoms with Gasteiger partial charge >= 0.3 is 13.5 Å². The minimum absolute atomic E-state index is 0.00252. The molecule has 0 amide bonds. The molecule has 1 aromatic heterocycles. The molecule has 1 aromatic carbocycles. The average Bonchev–Trinajstić information content (AvgIpc) is 2.99. The number of benzene rings is 1. The minimum Gasteiger partial charge on any atom is -0.404 e. The van der Waals surface area contributed by atoms with Crippen LogP contribution in [0.3, 0.4) is 0 Å². The van der Waals surface area contributed by atoms with Crippen LogP contribution in [0.2, 0.25) is 5.02 Å². The molecule has 4 rings (SSSR count). The van der Waals surface area contributed by atoms with E-state index < -0.39 is 51.0 Å². The summed E-state index contributed by atoms with van der Waals surface area (Å²) < 4.78 is 64.8. The number of nitrogens with zero attached hydrogens (tertiary/aromatic N) is 1. The number of aliphatic hydroxyl groups is 3. The van der Waals surface area contributed by atoms with Crippen molar-refractivity contribution in [2.45, 2.75) is 37.5 Å². The fourth-order valence-electron chi connectivity index (χ4n) is 3.03. The highest BCUT2D eigenvalue weighted by Crippen LogP contribution is 2.56. The molecular weight excluding hydrogens is 494 g/mol. The van der Waals surface area contributed by atoms with Crippen LogP contribution in [0.5, 0.6) is 5.75 Å². The van der Waals surface area contributed by atoms with Gasteiger partial charge in [-0.1, -0.05) is 23.8 Å². The van der Waals surface area contributed by atoms with E-state index in [0.717, 1.165) is 6.20 Å². The van der Waals surface area contributed by atoms with E-state index in [2.05, 4.69) is 4.98 Å². The number of halogens is 2. The number of fused-ring (bicyclic) bond motifs is 1. The summed E-state index contributed by atoms with van der Waals surface area (Å²) in [6, 6.07) is 4.16. The van der Waals surface area contributed by atoms with E-state index in [1.807, 2.05) is 0 Å². The third kappa shape index (κ3) is 4.28. The van der Waals surface area contributed by atoms with Crippen molar-refractivity contribution in [3.05, 3.63) is 55.7 Å². The third-order valence-corrected chi connectivity index (χ3v) is 6.46. The van der Waals surface area contributed by atoms with E-state index >= 15 is 4.39 Å². The molecule has 0 aliphatic carbocycles. The number of aliphatic hydroxyl groups excluding tert-OH is 3. The van der Waals surface area contributed by atoms with Crippen molar-refractivity contribution < 1.29 is 45.3 Å². The van der Waals surface area contributed by atoms with Crippen molar-refractivity contribution >= 4 is 31.6 Å². The lowest BCUT2D eigenvalue weighted by Gasteiger charge is -2.28. The van der Waals surface area contributed by atoms with E-state index in [1.54, 1.807) is 0 Å². The number of rotatable bonds is 5. The molecule has 174 valence electrons. The first-order chi connectivity index (χ1) is 15.8. The van der Waals surface area contributed by atoms with E-state index in [1.165, 1.54) is 18.2 Å². The maximum absolute atomic E-state index is 15.8. The molecule has 15 heteroatoms. The summed E-state index contributed by atoms with van der Waals surface area (Å²) in [7, 11) is -4.80. The standard InChI is InChI=1S/C17H17ClFN2O9PS/c18-10-1-2-11-8(3-10)6-27-31(26,30-11)28-7-17(19)13(24)12(23)15(29-17)21-4-9(5-22)14(32)20-16(21)25/h1-4,12-13,15,22-24H,5-7H2,(H,20,25,32)/t12-,13+,15-,17-,31?/m1/s1/i7D2. The number of alkyl halides is 1. The second-order valence-corrected chi connectivity index (χ2v) is 9.19. The van der Waals surface area contributed by atoms with Crippen LogP contribution >= 0.6 is 31.6 Å². The summed E-state index contributed by atoms with van der Waals surface area (Å²) in [6.45, 7) is -4.73. The summed E-state index contributed by atoms with van der Waals surface area (Å²) in [6.07, 6.45) is -5.86. The topological polar surface area (TPSA) is 152 Å². The molecule has 1 fully saturated rings. The summed E-state index contributed by atoms with van der Waals surface area (Å²) in [5.74, 6) is -3.87. The van der Waals surface area contributed by atoms with Crippen molar-refractivity contribution in [1.82, 2.24) is 9.55 Å². The third-order valence-electron chi connectivity index (χ3n) is 4.68. The van der Waals surface area contributed by atoms with Gasteiger partial charge in [-0.2, -0.15) is 0 Å². The first-order valence-electron chi connectivity index (χ1n) is 9.92. The van der Waals surface area contributed by atoms with Gasteiger partial charge in [0.05, 0.1) is 16.0 Å². The van der Waals surface area contributed by atoms with Crippen LogP contribution in [0, 0.1) is 4.64 Å². The highest BCUT2D eigenvalue weighted by molar-refractivity contribution is 7.71. The molecule has 2 aliphatic heterocycles. The largest absolute Gasteiger partial charge is 0.530 e. The zero-order chi connectivity index (χ0) is 25.1. The molecule has 32 heavy (non-hydrogen) atoms. The Morgan fingerprint density at radius 3 is 2.97 bits per heavy atom. The molecule has 1 unspecified atom stereocenters. The van der Waals surface area contributed by atoms with E-state index in [0.29, 0.717) is 15.2 Å². The normalized spacial score (nSPS) is 33.2. The van der Waals surface area contributed by atoms with Crippen molar-refractivity contribution in [2.75, 3.05) is 6.56 Å². The molecule has 2 aromatic rings. The fourth-order valence-corrected chi connectivity index (χ4v) is 4.53. The molecule has 4 N–H and O–H groups in total. The Morgan fingerprint density at radius 1 is 1.50 bits per heavy atom. The van der Waals surface area contributed by atoms with E-state index in [-0.39, 0.29) is 22.6 Å². The van der Waals surface area contributed by atoms with E-state index in [4.69, 9.17) is 44.9 Å². The van der Waals surface area contributed by atoms with Gasteiger partial charge in [-0.3, -0.25) is 18.6 Å². The molecule has 1 saturated heterocycles. The Labute approximate surface area is 192 Å². The van der Waals surface area contributed by atoms with Gasteiger partial charge in [0, 0.05) is 22.3 Å². The Kier molecular flexibility index (Phi) is 5.62. The Morgan fingerprint density at radius 2 is 2.25 bits per heavy atom. The molecule has 0 bridgehead atoms. The molecule has 5 atom stereocenters. The summed E-state index contributed by atoms with van der Waals surface area (Å²) in [5, 5.41) is 30.3. The SMILES string of the molecule is [2H]C([2H])(OP1(=O)OCc2cc(Cl)ccc2O1)[C@@]1(F)O[C@@H](n2cc(CO)c(=S)[nH]c2=O)[C@H](O)[C@@H]1O. The number of hydrogen-bond donors (Lipinski definition) is 4. The molecule has 0 saturated carbocycles. The van der Waals surface area contributed by atoms with Crippen molar-refractivity contribution in [3.63, 3.8) is 0 Å². The van der Waals surface area contributed by atoms with Gasteiger partial charge in [0.15, 0.2) is 6.23 Å². The van der Waals surface area contributed by atoms with E-state index in [9.17, 15) is 24.7 Å². The summed E-state index contributed by atoms with van der Waals surface area (Å²) >= 11 is 10.7. The highest BCUT2D eigenvalue weighted by Gasteiger charge is 2.57. The smallest absolute Gasteiger partial charge is 0.404 e. The van der Waals surface area contributed by atoms with Crippen LogP contribution in [-0.2, 0) is 31.6 Å². The van der Waals surface area contributed by atoms with Crippen molar-refractivity contribution in [2.24, 2.45) is 0 Å². The lowest BCUT2D eigenvalue weighted by atomic mass is 10.1. The maximum Gasteiger partial charge on any atom is 0.530 e. The van der Waals surface area contributed by atoms with Crippen LogP contribution in [0.4, 0.5) is 4.39 Å². The van der Waals surface area contributed by atoms with Crippen LogP contribution < -0.4 is 10.2 Å². The predicted octanol–water partition coefficient (Wildman–Crippen LogP) is 1.70. The van der Waals surface area contributed by atoms with Gasteiger partial charge in [0.2, 0.25) is 0 Å². The lowest BCUT2D eigenvalue weighted by molar-refractivity contribution is -0.205. The van der Waals surface area contributed by atoms with Gasteiger partial charge in [-0.05, 0) is 18.2 Å². The number of aromatic nitrogens is 2. The second kappa shape index (κ2) is 8.60.